The maximum absolute atomic E-state index is 11.2. The smallest absolute Gasteiger partial charge is 0.306 e. The van der Waals surface area contributed by atoms with Crippen molar-refractivity contribution in [1.29, 1.82) is 0 Å². The molecule has 0 aliphatic carbocycles. The highest BCUT2D eigenvalue weighted by atomic mass is 35.5. The van der Waals surface area contributed by atoms with E-state index in [2.05, 4.69) is 0 Å². The maximum Gasteiger partial charge on any atom is 0.306 e. The summed E-state index contributed by atoms with van der Waals surface area (Å²) in [5, 5.41) is 0.686. The topological polar surface area (TPSA) is 26.3 Å². The first-order chi connectivity index (χ1) is 7.13. The lowest BCUT2D eigenvalue weighted by Gasteiger charge is -2.13. The van der Waals surface area contributed by atoms with E-state index in [1.54, 1.807) is 12.1 Å². The van der Waals surface area contributed by atoms with Crippen LogP contribution in [-0.2, 0) is 9.53 Å². The van der Waals surface area contributed by atoms with Crippen molar-refractivity contribution in [1.82, 2.24) is 0 Å². The molecule has 1 unspecified atom stereocenters. The van der Waals surface area contributed by atoms with Gasteiger partial charge in [0.2, 0.25) is 0 Å². The fraction of sp³-hybridized carbons (Fsp3) is 0.417. The molecule has 0 spiro atoms. The summed E-state index contributed by atoms with van der Waals surface area (Å²) in [5.41, 5.74) is 0.962. The zero-order valence-electron chi connectivity index (χ0n) is 9.00. The molecule has 0 N–H and O–H groups in total. The minimum absolute atomic E-state index is 0.153. The molecule has 0 aliphatic heterocycles. The number of rotatable bonds is 4. The molecule has 2 nitrogen and oxygen atoms in total. The van der Waals surface area contributed by atoms with Crippen molar-refractivity contribution < 1.29 is 9.53 Å². The molecule has 1 aromatic rings. The lowest BCUT2D eigenvalue weighted by Crippen LogP contribution is -2.08. The highest BCUT2D eigenvalue weighted by molar-refractivity contribution is 6.30. The number of ether oxygens (including phenoxy) is 1. The molecule has 0 aliphatic rings. The Bertz CT molecular complexity index is 319. The Kier molecular flexibility index (Phi) is 4.63. The molecule has 0 fully saturated rings. The monoisotopic (exact) mass is 226 g/mol. The van der Waals surface area contributed by atoms with Crippen LogP contribution in [0.3, 0.4) is 0 Å². The molecule has 0 aromatic heterocycles. The van der Waals surface area contributed by atoms with Crippen LogP contribution < -0.4 is 0 Å². The van der Waals surface area contributed by atoms with Gasteiger partial charge in [0.1, 0.15) is 6.10 Å². The SMILES string of the molecule is CCCC(=O)OC(C)c1ccc(Cl)cc1. The number of hydrogen-bond donors (Lipinski definition) is 0. The van der Waals surface area contributed by atoms with E-state index in [-0.39, 0.29) is 12.1 Å². The summed E-state index contributed by atoms with van der Waals surface area (Å²) in [6, 6.07) is 7.32. The van der Waals surface area contributed by atoms with Gasteiger partial charge in [0.25, 0.3) is 0 Å². The summed E-state index contributed by atoms with van der Waals surface area (Å²) >= 11 is 5.76. The third kappa shape index (κ3) is 3.92. The van der Waals surface area contributed by atoms with Crippen molar-refractivity contribution in [3.8, 4) is 0 Å². The molecular formula is C12H15ClO2. The quantitative estimate of drug-likeness (QED) is 0.731. The number of hydrogen-bond acceptors (Lipinski definition) is 2. The predicted octanol–water partition coefficient (Wildman–Crippen LogP) is 3.74. The summed E-state index contributed by atoms with van der Waals surface area (Å²) in [5.74, 6) is -0.153. The molecule has 0 amide bonds. The van der Waals surface area contributed by atoms with Gasteiger partial charge in [-0.25, -0.2) is 0 Å². The van der Waals surface area contributed by atoms with Crippen LogP contribution in [0.4, 0.5) is 0 Å². The summed E-state index contributed by atoms with van der Waals surface area (Å²) in [7, 11) is 0. The van der Waals surface area contributed by atoms with E-state index in [4.69, 9.17) is 16.3 Å². The molecule has 3 heteroatoms. The standard InChI is InChI=1S/C12H15ClO2/c1-3-4-12(14)15-9(2)10-5-7-11(13)8-6-10/h5-9H,3-4H2,1-2H3. The van der Waals surface area contributed by atoms with Gasteiger partial charge in [-0.1, -0.05) is 30.7 Å². The molecule has 1 atom stereocenters. The molecule has 0 heterocycles. The minimum Gasteiger partial charge on any atom is -0.458 e. The molecule has 82 valence electrons. The van der Waals surface area contributed by atoms with Gasteiger partial charge in [0.15, 0.2) is 0 Å². The second kappa shape index (κ2) is 5.76. The molecule has 0 bridgehead atoms. The zero-order chi connectivity index (χ0) is 11.3. The summed E-state index contributed by atoms with van der Waals surface area (Å²) in [6.07, 6.45) is 1.07. The highest BCUT2D eigenvalue weighted by Crippen LogP contribution is 2.19. The van der Waals surface area contributed by atoms with Gasteiger partial charge < -0.3 is 4.74 Å². The van der Waals surface area contributed by atoms with Crippen LogP contribution in [0.2, 0.25) is 5.02 Å². The van der Waals surface area contributed by atoms with Gasteiger partial charge in [-0.15, -0.1) is 0 Å². The third-order valence-electron chi connectivity index (χ3n) is 2.10. The molecule has 0 saturated carbocycles. The van der Waals surface area contributed by atoms with E-state index >= 15 is 0 Å². The minimum atomic E-state index is -0.207. The Morgan fingerprint density at radius 1 is 1.40 bits per heavy atom. The molecule has 1 aromatic carbocycles. The summed E-state index contributed by atoms with van der Waals surface area (Å²) in [4.78, 5) is 11.2. The first-order valence-corrected chi connectivity index (χ1v) is 5.46. The van der Waals surface area contributed by atoms with E-state index < -0.39 is 0 Å². The molecule has 0 saturated heterocycles. The van der Waals surface area contributed by atoms with Crippen LogP contribution >= 0.6 is 11.6 Å². The van der Waals surface area contributed by atoms with Gasteiger partial charge >= 0.3 is 5.97 Å². The Hall–Kier alpha value is -1.02. The van der Waals surface area contributed by atoms with E-state index in [0.29, 0.717) is 11.4 Å². The van der Waals surface area contributed by atoms with Crippen LogP contribution in [0.25, 0.3) is 0 Å². The summed E-state index contributed by atoms with van der Waals surface area (Å²) < 4.78 is 5.23. The fourth-order valence-corrected chi connectivity index (χ4v) is 1.39. The molecular weight excluding hydrogens is 212 g/mol. The average molecular weight is 227 g/mol. The van der Waals surface area contributed by atoms with Crippen molar-refractivity contribution in [2.45, 2.75) is 32.8 Å². The zero-order valence-corrected chi connectivity index (χ0v) is 9.75. The van der Waals surface area contributed by atoms with Crippen LogP contribution in [-0.4, -0.2) is 5.97 Å². The molecule has 15 heavy (non-hydrogen) atoms. The van der Waals surface area contributed by atoms with E-state index in [1.807, 2.05) is 26.0 Å². The second-order valence-electron chi connectivity index (χ2n) is 3.43. The normalized spacial score (nSPS) is 12.2. The number of benzene rings is 1. The van der Waals surface area contributed by atoms with Crippen molar-refractivity contribution in [3.63, 3.8) is 0 Å². The maximum atomic E-state index is 11.2. The van der Waals surface area contributed by atoms with Gasteiger partial charge in [0, 0.05) is 11.4 Å². The Labute approximate surface area is 95.2 Å². The Morgan fingerprint density at radius 3 is 2.53 bits per heavy atom. The number of carbonyl (C=O) groups is 1. The first kappa shape index (κ1) is 12.1. The van der Waals surface area contributed by atoms with Crippen molar-refractivity contribution in [3.05, 3.63) is 34.9 Å². The highest BCUT2D eigenvalue weighted by Gasteiger charge is 2.10. The average Bonchev–Trinajstić information content (AvgIpc) is 2.18. The van der Waals surface area contributed by atoms with Crippen molar-refractivity contribution >= 4 is 17.6 Å². The number of carbonyl (C=O) groups excluding carboxylic acids is 1. The van der Waals surface area contributed by atoms with Gasteiger partial charge in [0.05, 0.1) is 0 Å². The number of esters is 1. The van der Waals surface area contributed by atoms with Gasteiger partial charge in [-0.2, -0.15) is 0 Å². The van der Waals surface area contributed by atoms with Gasteiger partial charge in [-0.05, 0) is 31.0 Å². The van der Waals surface area contributed by atoms with E-state index in [1.165, 1.54) is 0 Å². The molecule has 0 radical (unpaired) electrons. The Morgan fingerprint density at radius 2 is 2.00 bits per heavy atom. The largest absolute Gasteiger partial charge is 0.458 e. The van der Waals surface area contributed by atoms with Crippen molar-refractivity contribution in [2.24, 2.45) is 0 Å². The number of halogens is 1. The second-order valence-corrected chi connectivity index (χ2v) is 3.87. The summed E-state index contributed by atoms with van der Waals surface area (Å²) in [6.45, 7) is 3.81. The Balaban J connectivity index is 2.57. The molecule has 1 rings (SSSR count). The first-order valence-electron chi connectivity index (χ1n) is 5.08. The van der Waals surface area contributed by atoms with Crippen LogP contribution in [0, 0.1) is 0 Å². The van der Waals surface area contributed by atoms with Gasteiger partial charge in [-0.3, -0.25) is 4.79 Å². The van der Waals surface area contributed by atoms with Crippen LogP contribution in [0.1, 0.15) is 38.4 Å². The van der Waals surface area contributed by atoms with Crippen molar-refractivity contribution in [2.75, 3.05) is 0 Å². The van der Waals surface area contributed by atoms with E-state index in [9.17, 15) is 4.79 Å². The fourth-order valence-electron chi connectivity index (χ4n) is 1.26. The van der Waals surface area contributed by atoms with Crippen LogP contribution in [0.15, 0.2) is 24.3 Å². The third-order valence-corrected chi connectivity index (χ3v) is 2.35. The van der Waals surface area contributed by atoms with Crippen LogP contribution in [0.5, 0.6) is 0 Å². The predicted molar refractivity (Wildman–Crippen MR) is 60.9 cm³/mol. The lowest BCUT2D eigenvalue weighted by atomic mass is 10.1. The van der Waals surface area contributed by atoms with E-state index in [0.717, 1.165) is 12.0 Å². The lowest BCUT2D eigenvalue weighted by molar-refractivity contribution is -0.148.